The fourth-order valence-corrected chi connectivity index (χ4v) is 3.62. The quantitative estimate of drug-likeness (QED) is 0.502. The fraction of sp³-hybridized carbons (Fsp3) is 0.0455. The first-order valence-corrected chi connectivity index (χ1v) is 9.07. The standard InChI is InChI=1S/C22H17NOS/c24-22(23-20-10-11-21-19(15-20)12-13-25-21)18-8-6-17(7-9-18)14-16-4-2-1-3-5-16/h1-13,15H,14H2,(H,23,24). The highest BCUT2D eigenvalue weighted by Crippen LogP contribution is 2.24. The first-order chi connectivity index (χ1) is 12.3. The highest BCUT2D eigenvalue weighted by Gasteiger charge is 2.07. The highest BCUT2D eigenvalue weighted by atomic mass is 32.1. The van der Waals surface area contributed by atoms with Crippen molar-refractivity contribution in [2.24, 2.45) is 0 Å². The smallest absolute Gasteiger partial charge is 0.255 e. The summed E-state index contributed by atoms with van der Waals surface area (Å²) in [5.74, 6) is -0.0826. The summed E-state index contributed by atoms with van der Waals surface area (Å²) in [4.78, 5) is 12.4. The molecule has 0 saturated carbocycles. The zero-order valence-electron chi connectivity index (χ0n) is 13.6. The molecule has 1 aromatic heterocycles. The Balaban J connectivity index is 1.46. The molecule has 0 fully saturated rings. The summed E-state index contributed by atoms with van der Waals surface area (Å²) in [7, 11) is 0. The van der Waals surface area contributed by atoms with Crippen molar-refractivity contribution in [1.82, 2.24) is 0 Å². The van der Waals surface area contributed by atoms with Gasteiger partial charge >= 0.3 is 0 Å². The lowest BCUT2D eigenvalue weighted by Crippen LogP contribution is -2.11. The Morgan fingerprint density at radius 1 is 0.840 bits per heavy atom. The molecular weight excluding hydrogens is 326 g/mol. The summed E-state index contributed by atoms with van der Waals surface area (Å²) >= 11 is 1.70. The van der Waals surface area contributed by atoms with Crippen LogP contribution in [0.15, 0.2) is 84.2 Å². The van der Waals surface area contributed by atoms with Crippen molar-refractivity contribution in [2.75, 3.05) is 5.32 Å². The van der Waals surface area contributed by atoms with Gasteiger partial charge in [0.1, 0.15) is 0 Å². The minimum Gasteiger partial charge on any atom is -0.322 e. The molecule has 122 valence electrons. The number of hydrogen-bond donors (Lipinski definition) is 1. The summed E-state index contributed by atoms with van der Waals surface area (Å²) in [5.41, 5.74) is 3.96. The van der Waals surface area contributed by atoms with E-state index in [0.717, 1.165) is 17.5 Å². The normalized spacial score (nSPS) is 10.7. The average Bonchev–Trinajstić information content (AvgIpc) is 3.11. The summed E-state index contributed by atoms with van der Waals surface area (Å²) in [5, 5.41) is 6.19. The van der Waals surface area contributed by atoms with E-state index < -0.39 is 0 Å². The maximum absolute atomic E-state index is 12.4. The third-order valence-corrected chi connectivity index (χ3v) is 5.08. The molecule has 0 unspecified atom stereocenters. The number of carbonyl (C=O) groups is 1. The van der Waals surface area contributed by atoms with Crippen LogP contribution < -0.4 is 5.32 Å². The number of rotatable bonds is 4. The van der Waals surface area contributed by atoms with E-state index in [0.29, 0.717) is 5.56 Å². The van der Waals surface area contributed by atoms with E-state index in [2.05, 4.69) is 28.9 Å². The highest BCUT2D eigenvalue weighted by molar-refractivity contribution is 7.17. The van der Waals surface area contributed by atoms with Crippen LogP contribution in [-0.4, -0.2) is 5.91 Å². The predicted molar refractivity (Wildman–Crippen MR) is 105 cm³/mol. The van der Waals surface area contributed by atoms with Gasteiger partial charge in [-0.2, -0.15) is 0 Å². The predicted octanol–water partition coefficient (Wildman–Crippen LogP) is 5.74. The molecule has 0 spiro atoms. The van der Waals surface area contributed by atoms with Crippen molar-refractivity contribution in [1.29, 1.82) is 0 Å². The molecule has 4 rings (SSSR count). The molecule has 0 atom stereocenters. The molecule has 1 amide bonds. The second kappa shape index (κ2) is 6.91. The second-order valence-corrected chi connectivity index (χ2v) is 6.93. The maximum Gasteiger partial charge on any atom is 0.255 e. The summed E-state index contributed by atoms with van der Waals surface area (Å²) in [6.45, 7) is 0. The van der Waals surface area contributed by atoms with Crippen LogP contribution >= 0.6 is 11.3 Å². The van der Waals surface area contributed by atoms with Crippen LogP contribution in [-0.2, 0) is 6.42 Å². The van der Waals surface area contributed by atoms with Crippen LogP contribution in [0.4, 0.5) is 5.69 Å². The first kappa shape index (κ1) is 15.6. The molecule has 4 aromatic rings. The van der Waals surface area contributed by atoms with Gasteiger partial charge in [-0.25, -0.2) is 0 Å². The molecule has 3 heteroatoms. The molecule has 0 radical (unpaired) electrons. The van der Waals surface area contributed by atoms with Gasteiger partial charge in [-0.1, -0.05) is 42.5 Å². The van der Waals surface area contributed by atoms with Crippen molar-refractivity contribution in [3.8, 4) is 0 Å². The Morgan fingerprint density at radius 3 is 2.40 bits per heavy atom. The van der Waals surface area contributed by atoms with Crippen molar-refractivity contribution >= 4 is 33.0 Å². The lowest BCUT2D eigenvalue weighted by Gasteiger charge is -2.07. The van der Waals surface area contributed by atoms with Gasteiger partial charge in [0.25, 0.3) is 5.91 Å². The van der Waals surface area contributed by atoms with Gasteiger partial charge in [0.2, 0.25) is 0 Å². The Hall–Kier alpha value is -2.91. The molecule has 3 aromatic carbocycles. The van der Waals surface area contributed by atoms with Gasteiger partial charge in [-0.3, -0.25) is 4.79 Å². The number of fused-ring (bicyclic) bond motifs is 1. The molecular formula is C22H17NOS. The van der Waals surface area contributed by atoms with Gasteiger partial charge < -0.3 is 5.32 Å². The van der Waals surface area contributed by atoms with Gasteiger partial charge in [0, 0.05) is 16.0 Å². The van der Waals surface area contributed by atoms with E-state index in [1.807, 2.05) is 60.7 Å². The van der Waals surface area contributed by atoms with Crippen molar-refractivity contribution in [2.45, 2.75) is 6.42 Å². The van der Waals surface area contributed by atoms with Crippen LogP contribution in [0.1, 0.15) is 21.5 Å². The molecule has 0 aliphatic carbocycles. The number of amides is 1. The minimum atomic E-state index is -0.0826. The van der Waals surface area contributed by atoms with Gasteiger partial charge in [-0.15, -0.1) is 11.3 Å². The second-order valence-electron chi connectivity index (χ2n) is 5.99. The summed E-state index contributed by atoms with van der Waals surface area (Å²) in [6.07, 6.45) is 0.873. The lowest BCUT2D eigenvalue weighted by molar-refractivity contribution is 0.102. The number of benzene rings is 3. The third kappa shape index (κ3) is 3.62. The molecule has 0 aliphatic heterocycles. The van der Waals surface area contributed by atoms with Crippen LogP contribution in [0.3, 0.4) is 0 Å². The number of nitrogens with one attached hydrogen (secondary N) is 1. The fourth-order valence-electron chi connectivity index (χ4n) is 2.85. The Morgan fingerprint density at radius 2 is 1.60 bits per heavy atom. The zero-order chi connectivity index (χ0) is 17.1. The first-order valence-electron chi connectivity index (χ1n) is 8.19. The van der Waals surface area contributed by atoms with Crippen molar-refractivity contribution in [3.63, 3.8) is 0 Å². The molecule has 1 N–H and O–H groups in total. The Kier molecular flexibility index (Phi) is 4.32. The minimum absolute atomic E-state index is 0.0826. The number of thiophene rings is 1. The van der Waals surface area contributed by atoms with Gasteiger partial charge in [-0.05, 0) is 64.7 Å². The maximum atomic E-state index is 12.4. The van der Waals surface area contributed by atoms with E-state index in [1.54, 1.807) is 11.3 Å². The lowest BCUT2D eigenvalue weighted by atomic mass is 10.0. The Bertz CT molecular complexity index is 1000. The molecule has 25 heavy (non-hydrogen) atoms. The Labute approximate surface area is 150 Å². The van der Waals surface area contributed by atoms with Gasteiger partial charge in [0.05, 0.1) is 0 Å². The van der Waals surface area contributed by atoms with E-state index >= 15 is 0 Å². The topological polar surface area (TPSA) is 29.1 Å². The summed E-state index contributed by atoms with van der Waals surface area (Å²) < 4.78 is 1.23. The van der Waals surface area contributed by atoms with Crippen molar-refractivity contribution < 1.29 is 4.79 Å². The molecule has 1 heterocycles. The number of hydrogen-bond acceptors (Lipinski definition) is 2. The summed E-state index contributed by atoms with van der Waals surface area (Å²) in [6, 6.07) is 26.2. The SMILES string of the molecule is O=C(Nc1ccc2sccc2c1)c1ccc(Cc2ccccc2)cc1. The zero-order valence-corrected chi connectivity index (χ0v) is 14.4. The van der Waals surface area contributed by atoms with E-state index in [-0.39, 0.29) is 5.91 Å². The van der Waals surface area contributed by atoms with E-state index in [9.17, 15) is 4.79 Å². The average molecular weight is 343 g/mol. The van der Waals surface area contributed by atoms with Gasteiger partial charge in [0.15, 0.2) is 0 Å². The van der Waals surface area contributed by atoms with Crippen LogP contribution in [0, 0.1) is 0 Å². The molecule has 0 aliphatic rings. The monoisotopic (exact) mass is 343 g/mol. The molecule has 0 saturated heterocycles. The largest absolute Gasteiger partial charge is 0.322 e. The van der Waals surface area contributed by atoms with Crippen LogP contribution in [0.2, 0.25) is 0 Å². The van der Waals surface area contributed by atoms with Crippen molar-refractivity contribution in [3.05, 3.63) is 101 Å². The molecule has 2 nitrogen and oxygen atoms in total. The van der Waals surface area contributed by atoms with Crippen LogP contribution in [0.25, 0.3) is 10.1 Å². The number of anilines is 1. The molecule has 0 bridgehead atoms. The number of carbonyl (C=O) groups excluding carboxylic acids is 1. The van der Waals surface area contributed by atoms with E-state index in [4.69, 9.17) is 0 Å². The van der Waals surface area contributed by atoms with Crippen LogP contribution in [0.5, 0.6) is 0 Å². The van der Waals surface area contributed by atoms with E-state index in [1.165, 1.54) is 15.8 Å². The third-order valence-electron chi connectivity index (χ3n) is 4.18.